The van der Waals surface area contributed by atoms with Gasteiger partial charge >= 0.3 is 49.4 Å². The van der Waals surface area contributed by atoms with Gasteiger partial charge in [-0.25, -0.2) is 0 Å². The summed E-state index contributed by atoms with van der Waals surface area (Å²) >= 11 is 4.74. The van der Waals surface area contributed by atoms with Crippen molar-refractivity contribution in [1.29, 1.82) is 0 Å². The fourth-order valence-corrected chi connectivity index (χ4v) is 2.23. The number of benzene rings is 1. The molecule has 107 valence electrons. The van der Waals surface area contributed by atoms with Crippen molar-refractivity contribution in [2.75, 3.05) is 7.11 Å². The van der Waals surface area contributed by atoms with E-state index in [0.717, 1.165) is 22.4 Å². The Kier molecular flexibility index (Phi) is 9.02. The zero-order valence-corrected chi connectivity index (χ0v) is 17.6. The quantitative estimate of drug-likeness (QED) is 0.410. The molecule has 0 saturated heterocycles. The van der Waals surface area contributed by atoms with Crippen LogP contribution in [-0.4, -0.2) is 13.4 Å². The van der Waals surface area contributed by atoms with Crippen molar-refractivity contribution < 1.29 is 20.4 Å². The average molecular weight is 527 g/mol. The summed E-state index contributed by atoms with van der Waals surface area (Å²) in [5.74, 6) is 0.800. The molecule has 0 saturated carbocycles. The number of carbonyl (C=O) groups is 1. The van der Waals surface area contributed by atoms with Gasteiger partial charge in [-0.05, 0) is 31.0 Å². The first-order valence-electron chi connectivity index (χ1n) is 6.27. The van der Waals surface area contributed by atoms with Gasteiger partial charge in [-0.15, -0.1) is 0 Å². The third-order valence-corrected chi connectivity index (χ3v) is 2.85. The monoisotopic (exact) mass is 527 g/mol. The van der Waals surface area contributed by atoms with Crippen molar-refractivity contribution in [3.63, 3.8) is 0 Å². The Bertz CT molecular complexity index is 465. The van der Waals surface area contributed by atoms with Crippen LogP contribution >= 0.6 is 40.0 Å². The van der Waals surface area contributed by atoms with Crippen LogP contribution in [0.15, 0.2) is 12.1 Å². The molecule has 1 aromatic carbocycles. The summed E-state index contributed by atoms with van der Waals surface area (Å²) in [7, 11) is 2.26. The van der Waals surface area contributed by atoms with Gasteiger partial charge in [-0.2, -0.15) is 0 Å². The molecule has 0 aromatic heterocycles. The van der Waals surface area contributed by atoms with Crippen molar-refractivity contribution in [2.24, 2.45) is 0 Å². The van der Waals surface area contributed by atoms with E-state index < -0.39 is 6.26 Å². The Labute approximate surface area is 146 Å². The normalized spacial score (nSPS) is 11.0. The second-order valence-corrected chi connectivity index (χ2v) is 16.7. The first kappa shape index (κ1) is 17.8. The summed E-state index contributed by atoms with van der Waals surface area (Å²) in [5.41, 5.74) is 2.89. The minimum absolute atomic E-state index is 0.202. The van der Waals surface area contributed by atoms with Crippen LogP contribution in [0.3, 0.4) is 0 Å². The molecule has 1 rings (SSSR count). The molecule has 0 radical (unpaired) electrons. The second-order valence-electron chi connectivity index (χ2n) is 4.93. The molecule has 0 amide bonds. The Balaban J connectivity index is 0.00000110. The molecular formula is C14H20I2O2V. The predicted molar refractivity (Wildman–Crippen MR) is 94.2 cm³/mol. The molecular weight excluding hydrogens is 505 g/mol. The fourth-order valence-electron chi connectivity index (χ4n) is 2.23. The van der Waals surface area contributed by atoms with Gasteiger partial charge in [0.2, 0.25) is 0 Å². The van der Waals surface area contributed by atoms with Crippen molar-refractivity contribution >= 4 is 46.2 Å². The van der Waals surface area contributed by atoms with Gasteiger partial charge in [0.15, 0.2) is 0 Å². The van der Waals surface area contributed by atoms with Crippen molar-refractivity contribution in [2.45, 2.75) is 39.5 Å². The van der Waals surface area contributed by atoms with E-state index >= 15 is 0 Å². The van der Waals surface area contributed by atoms with Crippen LogP contribution in [0.1, 0.15) is 38.3 Å². The maximum atomic E-state index is 11.0. The van der Waals surface area contributed by atoms with E-state index in [0.29, 0.717) is 9.47 Å². The maximum absolute atomic E-state index is 11.0. The number of aldehydes is 1. The van der Waals surface area contributed by atoms with E-state index in [1.54, 1.807) is 7.11 Å². The van der Waals surface area contributed by atoms with Crippen molar-refractivity contribution in [3.05, 3.63) is 28.8 Å². The molecule has 1 aromatic rings. The van der Waals surface area contributed by atoms with Gasteiger partial charge in [0, 0.05) is 17.4 Å². The number of rotatable bonds is 4. The molecule has 0 aliphatic carbocycles. The molecule has 0 unspecified atom stereocenters. The minimum atomic E-state index is -0.544. The van der Waals surface area contributed by atoms with Gasteiger partial charge in [0.25, 0.3) is 0 Å². The summed E-state index contributed by atoms with van der Waals surface area (Å²) in [6, 6.07) is 4.05. The standard InChI is InChI=1S/C14H20O2.2HI.V/c1-10-8-11(2)13(12(9-10)16-5)14(3,4)6-7-15;;;/h7-9H,6H2,1-5H3;2*1H;/q;;;+2/p-2/i7T;;;. The van der Waals surface area contributed by atoms with Crippen LogP contribution in [0.2, 0.25) is 0 Å². The van der Waals surface area contributed by atoms with Crippen LogP contribution in [-0.2, 0) is 19.7 Å². The number of methoxy groups -OCH3 is 1. The van der Waals surface area contributed by atoms with Crippen molar-refractivity contribution in [3.8, 4) is 5.75 Å². The summed E-state index contributed by atoms with van der Waals surface area (Å²) in [5, 5.41) is 0. The van der Waals surface area contributed by atoms with Crippen LogP contribution in [0.5, 0.6) is 5.75 Å². The number of halogens is 2. The molecule has 0 atom stereocenters. The van der Waals surface area contributed by atoms with Gasteiger partial charge in [0.1, 0.15) is 13.4 Å². The number of aryl methyl sites for hydroxylation is 2. The van der Waals surface area contributed by atoms with Crippen LogP contribution in [0.25, 0.3) is 0 Å². The Morgan fingerprint density at radius 2 is 1.95 bits per heavy atom. The topological polar surface area (TPSA) is 26.3 Å². The Morgan fingerprint density at radius 1 is 1.42 bits per heavy atom. The predicted octanol–water partition coefficient (Wildman–Crippen LogP) is 4.95. The number of ether oxygens (including phenoxy) is 1. The molecule has 2 nitrogen and oxygen atoms in total. The third kappa shape index (κ3) is 6.35. The molecule has 0 aliphatic heterocycles. The van der Waals surface area contributed by atoms with Gasteiger partial charge in [0.05, 0.1) is 7.11 Å². The Hall–Kier alpha value is 0.734. The van der Waals surface area contributed by atoms with Crippen LogP contribution < -0.4 is 4.74 Å². The second kappa shape index (κ2) is 9.63. The third-order valence-electron chi connectivity index (χ3n) is 2.85. The van der Waals surface area contributed by atoms with E-state index in [9.17, 15) is 4.79 Å². The SMILES string of the molecule is [3H]C(=O)CC(C)(C)c1c(C)cc(C)cc1OC.[I][V][I]. The van der Waals surface area contributed by atoms with E-state index in [1.807, 2.05) is 33.8 Å². The molecule has 19 heavy (non-hydrogen) atoms. The Morgan fingerprint density at radius 3 is 2.37 bits per heavy atom. The van der Waals surface area contributed by atoms with Crippen LogP contribution in [0, 0.1) is 13.8 Å². The van der Waals surface area contributed by atoms with E-state index in [4.69, 9.17) is 6.11 Å². The van der Waals surface area contributed by atoms with Gasteiger partial charge in [-0.3, -0.25) is 0 Å². The van der Waals surface area contributed by atoms with E-state index in [1.165, 1.54) is 0 Å². The average Bonchev–Trinajstić information content (AvgIpc) is 2.26. The number of hydrogen-bond donors (Lipinski definition) is 0. The zero-order chi connectivity index (χ0) is 15.9. The molecule has 0 N–H and O–H groups in total. The van der Waals surface area contributed by atoms with Crippen LogP contribution in [0.4, 0.5) is 0 Å². The zero-order valence-electron chi connectivity index (χ0n) is 12.9. The van der Waals surface area contributed by atoms with Gasteiger partial charge < -0.3 is 9.53 Å². The fraction of sp³-hybridized carbons (Fsp3) is 0.500. The first-order chi connectivity index (χ1) is 9.19. The van der Waals surface area contributed by atoms with Gasteiger partial charge in [-0.1, -0.05) is 19.9 Å². The first-order valence-corrected chi connectivity index (χ1v) is 14.8. The van der Waals surface area contributed by atoms with E-state index in [-0.39, 0.29) is 11.8 Å². The molecule has 0 bridgehead atoms. The molecule has 0 aliphatic rings. The molecule has 0 heterocycles. The summed E-state index contributed by atoms with van der Waals surface area (Å²) < 4.78 is 12.5. The summed E-state index contributed by atoms with van der Waals surface area (Å²) in [6.45, 7) is 7.97. The van der Waals surface area contributed by atoms with Crippen molar-refractivity contribution in [1.82, 2.24) is 0 Å². The molecule has 0 fully saturated rings. The summed E-state index contributed by atoms with van der Waals surface area (Å²) in [6.07, 6.45) is -0.343. The number of carbonyl (C=O) groups excluding carboxylic acids is 1. The molecule has 5 heteroatoms. The summed E-state index contributed by atoms with van der Waals surface area (Å²) in [4.78, 5) is 11.0. The molecule has 0 spiro atoms. The van der Waals surface area contributed by atoms with E-state index in [2.05, 4.69) is 46.0 Å². The number of hydrogen-bond acceptors (Lipinski definition) is 2.